The van der Waals surface area contributed by atoms with Crippen LogP contribution in [0.3, 0.4) is 0 Å². The molecule has 0 unspecified atom stereocenters. The predicted molar refractivity (Wildman–Crippen MR) is 87.7 cm³/mol. The first-order valence-corrected chi connectivity index (χ1v) is 8.92. The van der Waals surface area contributed by atoms with Crippen LogP contribution in [-0.2, 0) is 20.8 Å². The Morgan fingerprint density at radius 1 is 1.12 bits per heavy atom. The molecule has 0 atom stereocenters. The summed E-state index contributed by atoms with van der Waals surface area (Å²) in [6.45, 7) is -0.306. The smallest absolute Gasteiger partial charge is 0.376 e. The summed E-state index contributed by atoms with van der Waals surface area (Å²) in [6.07, 6.45) is -3.63. The molecule has 0 aliphatic heterocycles. The van der Waals surface area contributed by atoms with Gasteiger partial charge in [-0.15, -0.1) is 0 Å². The highest BCUT2D eigenvalue weighted by molar-refractivity contribution is 7.90. The zero-order valence-electron chi connectivity index (χ0n) is 13.1. The SMILES string of the molecule is CS(=O)(=O)c1ccccc1-c1cc(C(F)(F)F)ccc1NCC(N)=O. The molecule has 25 heavy (non-hydrogen) atoms. The quantitative estimate of drug-likeness (QED) is 0.845. The molecule has 0 fully saturated rings. The van der Waals surface area contributed by atoms with Crippen molar-refractivity contribution in [3.63, 3.8) is 0 Å². The van der Waals surface area contributed by atoms with E-state index in [1.165, 1.54) is 24.3 Å². The zero-order chi connectivity index (χ0) is 18.8. The Kier molecular flexibility index (Phi) is 5.07. The summed E-state index contributed by atoms with van der Waals surface area (Å²) in [4.78, 5) is 10.8. The van der Waals surface area contributed by atoms with Gasteiger partial charge >= 0.3 is 6.18 Å². The normalized spacial score (nSPS) is 12.0. The van der Waals surface area contributed by atoms with E-state index in [0.717, 1.165) is 24.5 Å². The van der Waals surface area contributed by atoms with Crippen LogP contribution in [0.4, 0.5) is 18.9 Å². The number of rotatable bonds is 5. The molecule has 0 bridgehead atoms. The maximum atomic E-state index is 13.1. The van der Waals surface area contributed by atoms with Crippen LogP contribution in [0.25, 0.3) is 11.1 Å². The van der Waals surface area contributed by atoms with Crippen LogP contribution in [0, 0.1) is 0 Å². The van der Waals surface area contributed by atoms with Crippen molar-refractivity contribution in [2.45, 2.75) is 11.1 Å². The maximum absolute atomic E-state index is 13.1. The highest BCUT2D eigenvalue weighted by atomic mass is 32.2. The van der Waals surface area contributed by atoms with E-state index in [-0.39, 0.29) is 28.3 Å². The topological polar surface area (TPSA) is 89.3 Å². The fourth-order valence-electron chi connectivity index (χ4n) is 2.29. The molecule has 2 aromatic rings. The van der Waals surface area contributed by atoms with Gasteiger partial charge < -0.3 is 11.1 Å². The van der Waals surface area contributed by atoms with Gasteiger partial charge in [-0.2, -0.15) is 13.2 Å². The van der Waals surface area contributed by atoms with Gasteiger partial charge in [0.15, 0.2) is 9.84 Å². The monoisotopic (exact) mass is 372 g/mol. The number of nitrogens with one attached hydrogen (secondary N) is 1. The van der Waals surface area contributed by atoms with Crippen molar-refractivity contribution in [3.8, 4) is 11.1 Å². The molecule has 2 rings (SSSR count). The first kappa shape index (κ1) is 18.8. The van der Waals surface area contributed by atoms with E-state index in [1.807, 2.05) is 0 Å². The summed E-state index contributed by atoms with van der Waals surface area (Å²) in [5.74, 6) is -0.706. The third-order valence-electron chi connectivity index (χ3n) is 3.38. The second-order valence-electron chi connectivity index (χ2n) is 5.35. The Labute approximate surface area is 142 Å². The number of primary amides is 1. The van der Waals surface area contributed by atoms with Gasteiger partial charge in [-0.05, 0) is 24.3 Å². The van der Waals surface area contributed by atoms with Crippen molar-refractivity contribution in [1.82, 2.24) is 0 Å². The second-order valence-corrected chi connectivity index (χ2v) is 7.33. The predicted octanol–water partition coefficient (Wildman–Crippen LogP) is 2.67. The average molecular weight is 372 g/mol. The fraction of sp³-hybridized carbons (Fsp3) is 0.188. The minimum absolute atomic E-state index is 0.0112. The van der Waals surface area contributed by atoms with Crippen molar-refractivity contribution < 1.29 is 26.4 Å². The van der Waals surface area contributed by atoms with Crippen molar-refractivity contribution >= 4 is 21.4 Å². The van der Waals surface area contributed by atoms with E-state index in [2.05, 4.69) is 5.32 Å². The van der Waals surface area contributed by atoms with Gasteiger partial charge in [0.05, 0.1) is 17.0 Å². The minimum Gasteiger partial charge on any atom is -0.376 e. The molecule has 2 aromatic carbocycles. The van der Waals surface area contributed by atoms with Crippen molar-refractivity contribution in [1.29, 1.82) is 0 Å². The number of alkyl halides is 3. The van der Waals surface area contributed by atoms with Crippen LogP contribution < -0.4 is 11.1 Å². The lowest BCUT2D eigenvalue weighted by Gasteiger charge is -2.16. The number of carbonyl (C=O) groups excluding carboxylic acids is 1. The molecule has 0 heterocycles. The lowest BCUT2D eigenvalue weighted by atomic mass is 10.0. The average Bonchev–Trinajstić information content (AvgIpc) is 2.51. The number of sulfone groups is 1. The van der Waals surface area contributed by atoms with E-state index >= 15 is 0 Å². The van der Waals surface area contributed by atoms with Crippen LogP contribution in [-0.4, -0.2) is 27.1 Å². The Hall–Kier alpha value is -2.55. The summed E-state index contributed by atoms with van der Waals surface area (Å²) in [6, 6.07) is 8.53. The van der Waals surface area contributed by atoms with E-state index in [9.17, 15) is 26.4 Å². The molecule has 1 amide bonds. The third-order valence-corrected chi connectivity index (χ3v) is 4.53. The third kappa shape index (κ3) is 4.50. The summed E-state index contributed by atoms with van der Waals surface area (Å²) < 4.78 is 63.1. The van der Waals surface area contributed by atoms with Crippen LogP contribution in [0.15, 0.2) is 47.4 Å². The molecule has 9 heteroatoms. The van der Waals surface area contributed by atoms with E-state index in [4.69, 9.17) is 5.73 Å². The molecule has 0 radical (unpaired) electrons. The molecule has 0 spiro atoms. The summed E-state index contributed by atoms with van der Waals surface area (Å²) in [5, 5.41) is 2.63. The fourth-order valence-corrected chi connectivity index (χ4v) is 3.20. The minimum atomic E-state index is -4.60. The molecular weight excluding hydrogens is 357 g/mol. The second kappa shape index (κ2) is 6.75. The number of nitrogens with two attached hydrogens (primary N) is 1. The molecule has 0 aliphatic carbocycles. The Morgan fingerprint density at radius 2 is 1.76 bits per heavy atom. The Balaban J connectivity index is 2.71. The molecular formula is C16H15F3N2O3S. The molecule has 0 aromatic heterocycles. The highest BCUT2D eigenvalue weighted by Gasteiger charge is 2.31. The van der Waals surface area contributed by atoms with E-state index < -0.39 is 27.5 Å². The number of amides is 1. The van der Waals surface area contributed by atoms with Gasteiger partial charge in [-0.3, -0.25) is 4.79 Å². The van der Waals surface area contributed by atoms with Gasteiger partial charge in [0.25, 0.3) is 0 Å². The lowest BCUT2D eigenvalue weighted by Crippen LogP contribution is -2.22. The summed E-state index contributed by atoms with van der Waals surface area (Å²) >= 11 is 0. The molecule has 0 aliphatic rings. The van der Waals surface area contributed by atoms with Crippen molar-refractivity contribution in [3.05, 3.63) is 48.0 Å². The van der Waals surface area contributed by atoms with E-state index in [0.29, 0.717) is 0 Å². The van der Waals surface area contributed by atoms with Gasteiger partial charge in [-0.25, -0.2) is 8.42 Å². The molecule has 3 N–H and O–H groups in total. The molecule has 0 saturated heterocycles. The first-order chi connectivity index (χ1) is 11.5. The van der Waals surface area contributed by atoms with Gasteiger partial charge in [0.2, 0.25) is 5.91 Å². The van der Waals surface area contributed by atoms with Gasteiger partial charge in [-0.1, -0.05) is 18.2 Å². The number of hydrogen-bond acceptors (Lipinski definition) is 4. The number of halogens is 3. The number of carbonyl (C=O) groups is 1. The number of hydrogen-bond donors (Lipinski definition) is 2. The number of anilines is 1. The largest absolute Gasteiger partial charge is 0.416 e. The molecule has 134 valence electrons. The van der Waals surface area contributed by atoms with Gasteiger partial charge in [0, 0.05) is 23.1 Å². The number of benzene rings is 2. The zero-order valence-corrected chi connectivity index (χ0v) is 13.9. The van der Waals surface area contributed by atoms with E-state index in [1.54, 1.807) is 0 Å². The summed E-state index contributed by atoms with van der Waals surface area (Å²) in [5.41, 5.74) is 4.40. The maximum Gasteiger partial charge on any atom is 0.416 e. The van der Waals surface area contributed by atoms with Crippen LogP contribution in [0.2, 0.25) is 0 Å². The van der Waals surface area contributed by atoms with Crippen LogP contribution >= 0.6 is 0 Å². The summed E-state index contributed by atoms with van der Waals surface area (Å²) in [7, 11) is -3.68. The van der Waals surface area contributed by atoms with Crippen LogP contribution in [0.1, 0.15) is 5.56 Å². The Morgan fingerprint density at radius 3 is 2.32 bits per heavy atom. The molecule has 0 saturated carbocycles. The highest BCUT2D eigenvalue weighted by Crippen LogP contribution is 2.38. The Bertz CT molecular complexity index is 909. The molecule has 5 nitrogen and oxygen atoms in total. The van der Waals surface area contributed by atoms with Crippen molar-refractivity contribution in [2.24, 2.45) is 5.73 Å². The standard InChI is InChI=1S/C16H15F3N2O3S/c1-25(23,24)14-5-3-2-4-11(14)12-8-10(16(17,18)19)6-7-13(12)21-9-15(20)22/h2-8,21H,9H2,1H3,(H2,20,22). The first-order valence-electron chi connectivity index (χ1n) is 7.03. The van der Waals surface area contributed by atoms with Gasteiger partial charge in [0.1, 0.15) is 0 Å². The van der Waals surface area contributed by atoms with Crippen LogP contribution in [0.5, 0.6) is 0 Å². The van der Waals surface area contributed by atoms with Crippen molar-refractivity contribution in [2.75, 3.05) is 18.1 Å². The lowest BCUT2D eigenvalue weighted by molar-refractivity contribution is -0.137.